The van der Waals surface area contributed by atoms with Gasteiger partial charge in [0.25, 0.3) is 0 Å². The van der Waals surface area contributed by atoms with Gasteiger partial charge in [-0.1, -0.05) is 6.92 Å². The molecule has 0 amide bonds. The van der Waals surface area contributed by atoms with E-state index in [-0.39, 0.29) is 0 Å². The normalized spacial score (nSPS) is 32.9. The molecule has 0 saturated carbocycles. The summed E-state index contributed by atoms with van der Waals surface area (Å²) in [5.41, 5.74) is 5.99. The van der Waals surface area contributed by atoms with E-state index < -0.39 is 0 Å². The van der Waals surface area contributed by atoms with Crippen LogP contribution in [-0.2, 0) is 0 Å². The third kappa shape index (κ3) is 4.28. The van der Waals surface area contributed by atoms with E-state index in [0.29, 0.717) is 16.7 Å². The van der Waals surface area contributed by atoms with E-state index in [0.717, 1.165) is 19.6 Å². The monoisotopic (exact) mass is 284 g/mol. The molecular weight excluding hydrogens is 256 g/mol. The lowest BCUT2D eigenvalue weighted by molar-refractivity contribution is 0.267. The molecule has 3 N–H and O–H groups in total. The minimum atomic E-state index is 0.315. The number of thioether (sulfide) groups is 1. The Bertz CT molecular complexity index is 313. The molecule has 0 bridgehead atoms. The second-order valence-electron chi connectivity index (χ2n) is 5.91. The fourth-order valence-corrected chi connectivity index (χ4v) is 4.26. The second-order valence-corrected chi connectivity index (χ2v) is 7.59. The number of nitrogens with one attached hydrogen (secondary N) is 1. The summed E-state index contributed by atoms with van der Waals surface area (Å²) in [5.74, 6) is 1.89. The van der Waals surface area contributed by atoms with Crippen molar-refractivity contribution in [1.82, 2.24) is 10.2 Å². The van der Waals surface area contributed by atoms with Crippen LogP contribution in [0.2, 0.25) is 0 Å². The Morgan fingerprint density at radius 2 is 2.37 bits per heavy atom. The number of nitrogens with two attached hydrogens (primary N) is 1. The van der Waals surface area contributed by atoms with Crippen molar-refractivity contribution < 1.29 is 0 Å². The van der Waals surface area contributed by atoms with Crippen LogP contribution in [0.15, 0.2) is 4.99 Å². The van der Waals surface area contributed by atoms with Crippen LogP contribution in [0, 0.1) is 0 Å². The molecule has 4 nitrogen and oxygen atoms in total. The van der Waals surface area contributed by atoms with Gasteiger partial charge in [-0.15, -0.1) is 0 Å². The van der Waals surface area contributed by atoms with Crippen LogP contribution < -0.4 is 11.1 Å². The summed E-state index contributed by atoms with van der Waals surface area (Å²) in [6.07, 6.45) is 5.17. The number of guanidine groups is 1. The molecule has 2 atom stereocenters. The Morgan fingerprint density at radius 3 is 3.05 bits per heavy atom. The number of likely N-dealkylation sites (N-methyl/N-ethyl adjacent to an activating group) is 1. The standard InChI is InChI=1S/C14H28N4S/c1-3-18-8-4-6-12(18)10-16-13(15)17-11-14(2)7-5-9-19-14/h12H,3-11H2,1-2H3,(H3,15,16,17). The number of likely N-dealkylation sites (tertiary alicyclic amines) is 1. The van der Waals surface area contributed by atoms with Crippen LogP contribution >= 0.6 is 11.8 Å². The van der Waals surface area contributed by atoms with E-state index in [9.17, 15) is 0 Å². The second kappa shape index (κ2) is 6.84. The summed E-state index contributed by atoms with van der Waals surface area (Å²) in [6, 6.07) is 0.634. The zero-order valence-corrected chi connectivity index (χ0v) is 13.1. The van der Waals surface area contributed by atoms with Gasteiger partial charge in [-0.05, 0) is 51.4 Å². The highest BCUT2D eigenvalue weighted by Gasteiger charge is 2.29. The molecule has 19 heavy (non-hydrogen) atoms. The highest BCUT2D eigenvalue weighted by Crippen LogP contribution is 2.37. The van der Waals surface area contributed by atoms with Gasteiger partial charge in [0, 0.05) is 17.3 Å². The zero-order chi connectivity index (χ0) is 13.7. The van der Waals surface area contributed by atoms with Crippen molar-refractivity contribution in [2.24, 2.45) is 10.7 Å². The molecule has 0 spiro atoms. The first-order valence-corrected chi connectivity index (χ1v) is 8.53. The number of hydrogen-bond donors (Lipinski definition) is 2. The van der Waals surface area contributed by atoms with Gasteiger partial charge < -0.3 is 11.1 Å². The van der Waals surface area contributed by atoms with Crippen LogP contribution in [0.25, 0.3) is 0 Å². The van der Waals surface area contributed by atoms with Gasteiger partial charge >= 0.3 is 0 Å². The van der Waals surface area contributed by atoms with E-state index in [1.165, 1.54) is 38.0 Å². The molecule has 0 aromatic heterocycles. The molecule has 0 aromatic carbocycles. The zero-order valence-electron chi connectivity index (χ0n) is 12.3. The predicted molar refractivity (Wildman–Crippen MR) is 84.9 cm³/mol. The summed E-state index contributed by atoms with van der Waals surface area (Å²) >= 11 is 2.04. The third-order valence-electron chi connectivity index (χ3n) is 4.31. The highest BCUT2D eigenvalue weighted by molar-refractivity contribution is 8.00. The maximum absolute atomic E-state index is 5.99. The van der Waals surface area contributed by atoms with Crippen LogP contribution in [-0.4, -0.2) is 53.6 Å². The van der Waals surface area contributed by atoms with E-state index in [1.54, 1.807) is 0 Å². The van der Waals surface area contributed by atoms with Gasteiger partial charge in [0.15, 0.2) is 5.96 Å². The lowest BCUT2D eigenvalue weighted by Crippen LogP contribution is -2.43. The van der Waals surface area contributed by atoms with Gasteiger partial charge in [-0.3, -0.25) is 9.89 Å². The first-order valence-electron chi connectivity index (χ1n) is 7.55. The number of hydrogen-bond acceptors (Lipinski definition) is 3. The Hall–Kier alpha value is -0.420. The fourth-order valence-electron chi connectivity index (χ4n) is 3.03. The summed E-state index contributed by atoms with van der Waals surface area (Å²) in [7, 11) is 0. The number of nitrogens with zero attached hydrogens (tertiary/aromatic N) is 2. The number of rotatable bonds is 5. The summed E-state index contributed by atoms with van der Waals surface area (Å²) < 4.78 is 0.315. The van der Waals surface area contributed by atoms with Crippen LogP contribution in [0.5, 0.6) is 0 Å². The average molecular weight is 284 g/mol. The van der Waals surface area contributed by atoms with Crippen molar-refractivity contribution in [2.45, 2.75) is 50.3 Å². The van der Waals surface area contributed by atoms with Crippen molar-refractivity contribution >= 4 is 17.7 Å². The Balaban J connectivity index is 1.72. The number of aliphatic imine (C=N–C) groups is 1. The average Bonchev–Trinajstić information content (AvgIpc) is 3.03. The van der Waals surface area contributed by atoms with Gasteiger partial charge in [0.05, 0.1) is 6.54 Å². The first kappa shape index (κ1) is 15.0. The maximum atomic E-state index is 5.99. The molecule has 2 aliphatic rings. The van der Waals surface area contributed by atoms with Gasteiger partial charge in [0.2, 0.25) is 0 Å². The predicted octanol–water partition coefficient (Wildman–Crippen LogP) is 1.66. The topological polar surface area (TPSA) is 53.6 Å². The van der Waals surface area contributed by atoms with Crippen molar-refractivity contribution in [3.63, 3.8) is 0 Å². The SMILES string of the molecule is CCN1CCCC1CNC(N)=NCC1(C)CCCS1. The van der Waals surface area contributed by atoms with E-state index in [1.807, 2.05) is 11.8 Å². The van der Waals surface area contributed by atoms with E-state index >= 15 is 0 Å². The van der Waals surface area contributed by atoms with Crippen molar-refractivity contribution in [1.29, 1.82) is 0 Å². The Morgan fingerprint density at radius 1 is 1.53 bits per heavy atom. The van der Waals surface area contributed by atoms with Crippen LogP contribution in [0.4, 0.5) is 0 Å². The van der Waals surface area contributed by atoms with E-state index in [4.69, 9.17) is 5.73 Å². The quantitative estimate of drug-likeness (QED) is 0.595. The lowest BCUT2D eigenvalue weighted by atomic mass is 10.1. The molecule has 110 valence electrons. The first-order chi connectivity index (χ1) is 9.13. The molecule has 0 radical (unpaired) electrons. The third-order valence-corrected chi connectivity index (χ3v) is 5.83. The lowest BCUT2D eigenvalue weighted by Gasteiger charge is -2.23. The molecule has 2 unspecified atom stereocenters. The van der Waals surface area contributed by atoms with Gasteiger partial charge in [-0.2, -0.15) is 11.8 Å². The molecule has 0 aliphatic carbocycles. The molecule has 2 heterocycles. The maximum Gasteiger partial charge on any atom is 0.188 e. The smallest absolute Gasteiger partial charge is 0.188 e. The largest absolute Gasteiger partial charge is 0.370 e. The van der Waals surface area contributed by atoms with Gasteiger partial charge in [-0.25, -0.2) is 0 Å². The van der Waals surface area contributed by atoms with Crippen LogP contribution in [0.3, 0.4) is 0 Å². The molecule has 0 aromatic rings. The molecular formula is C14H28N4S. The molecule has 5 heteroatoms. The van der Waals surface area contributed by atoms with E-state index in [2.05, 4.69) is 29.1 Å². The van der Waals surface area contributed by atoms with Crippen molar-refractivity contribution in [3.05, 3.63) is 0 Å². The minimum Gasteiger partial charge on any atom is -0.370 e. The van der Waals surface area contributed by atoms with Crippen molar-refractivity contribution in [2.75, 3.05) is 31.9 Å². The summed E-state index contributed by atoms with van der Waals surface area (Å²) in [4.78, 5) is 7.06. The molecule has 2 saturated heterocycles. The molecule has 2 fully saturated rings. The Kier molecular flexibility index (Phi) is 5.39. The Labute approximate surface area is 121 Å². The van der Waals surface area contributed by atoms with Gasteiger partial charge in [0.1, 0.15) is 0 Å². The summed E-state index contributed by atoms with van der Waals surface area (Å²) in [6.45, 7) is 8.68. The fraction of sp³-hybridized carbons (Fsp3) is 0.929. The molecule has 2 aliphatic heterocycles. The summed E-state index contributed by atoms with van der Waals surface area (Å²) in [5, 5.41) is 3.31. The minimum absolute atomic E-state index is 0.315. The van der Waals surface area contributed by atoms with Crippen LogP contribution in [0.1, 0.15) is 39.5 Å². The molecule has 2 rings (SSSR count). The van der Waals surface area contributed by atoms with Crippen molar-refractivity contribution in [3.8, 4) is 0 Å². The highest BCUT2D eigenvalue weighted by atomic mass is 32.2.